The van der Waals surface area contributed by atoms with Crippen LogP contribution in [0.1, 0.15) is 29.4 Å². The Morgan fingerprint density at radius 2 is 1.74 bits per heavy atom. The fourth-order valence-electron chi connectivity index (χ4n) is 3.28. The van der Waals surface area contributed by atoms with Crippen molar-refractivity contribution in [1.82, 2.24) is 19.7 Å². The van der Waals surface area contributed by atoms with E-state index in [4.69, 9.17) is 16.3 Å². The molecular formula is C26H23ClN6O5. The second-order valence-corrected chi connectivity index (χ2v) is 8.35. The number of ether oxygens (including phenoxy) is 2. The molecule has 11 nitrogen and oxygen atoms in total. The van der Waals surface area contributed by atoms with Gasteiger partial charge in [0.2, 0.25) is 17.7 Å². The van der Waals surface area contributed by atoms with Crippen LogP contribution in [0.4, 0.5) is 17.3 Å². The van der Waals surface area contributed by atoms with Gasteiger partial charge in [-0.1, -0.05) is 30.7 Å². The second-order valence-electron chi connectivity index (χ2n) is 7.91. The Morgan fingerprint density at radius 1 is 1.00 bits per heavy atom. The van der Waals surface area contributed by atoms with Crippen molar-refractivity contribution in [3.63, 3.8) is 0 Å². The molecule has 0 fully saturated rings. The zero-order chi connectivity index (χ0) is 27.1. The van der Waals surface area contributed by atoms with Gasteiger partial charge in [-0.05, 0) is 48.0 Å². The maximum atomic E-state index is 13.2. The predicted octanol–water partition coefficient (Wildman–Crippen LogP) is 4.41. The average molecular weight is 535 g/mol. The van der Waals surface area contributed by atoms with Crippen LogP contribution < -0.4 is 20.9 Å². The first-order chi connectivity index (χ1) is 18.4. The molecule has 2 aromatic carbocycles. The normalized spacial score (nSPS) is 10.5. The Bertz CT molecular complexity index is 1490. The molecule has 2 aromatic heterocycles. The van der Waals surface area contributed by atoms with Gasteiger partial charge < -0.3 is 20.1 Å². The molecular weight excluding hydrogens is 512 g/mol. The summed E-state index contributed by atoms with van der Waals surface area (Å²) < 4.78 is 11.7. The standard InChI is InChI=1S/C26H23ClN6O5/c1-3-22(34)30-21-14-28-26(33(24(21)35)15-16-4-6-17(27)7-5-16)29-18-8-10-19(11-9-18)38-23-13-12-20(31-32-23)25(36)37-2/h4-14H,3,15H2,1-2H3,(H,28,29)(H,30,34). The SMILES string of the molecule is CCC(=O)Nc1cnc(Nc2ccc(Oc3ccc(C(=O)OC)nn3)cc2)n(Cc2ccc(Cl)cc2)c1=O. The zero-order valence-electron chi connectivity index (χ0n) is 20.5. The van der Waals surface area contributed by atoms with E-state index in [0.717, 1.165) is 5.56 Å². The smallest absolute Gasteiger partial charge is 0.358 e. The van der Waals surface area contributed by atoms with Crippen LogP contribution in [0, 0.1) is 0 Å². The van der Waals surface area contributed by atoms with Crippen molar-refractivity contribution in [2.45, 2.75) is 19.9 Å². The molecule has 1 amide bonds. The molecule has 12 heteroatoms. The van der Waals surface area contributed by atoms with Gasteiger partial charge in [0.1, 0.15) is 11.4 Å². The number of esters is 1. The van der Waals surface area contributed by atoms with E-state index >= 15 is 0 Å². The highest BCUT2D eigenvalue weighted by molar-refractivity contribution is 6.30. The number of halogens is 1. The van der Waals surface area contributed by atoms with E-state index in [-0.39, 0.29) is 42.1 Å². The van der Waals surface area contributed by atoms with Crippen molar-refractivity contribution in [2.24, 2.45) is 0 Å². The summed E-state index contributed by atoms with van der Waals surface area (Å²) in [6.07, 6.45) is 1.55. The van der Waals surface area contributed by atoms with Crippen LogP contribution in [0.2, 0.25) is 5.02 Å². The molecule has 0 aliphatic heterocycles. The van der Waals surface area contributed by atoms with Crippen molar-refractivity contribution in [1.29, 1.82) is 0 Å². The molecule has 0 aliphatic carbocycles. The molecule has 0 bridgehead atoms. The number of rotatable bonds is 9. The van der Waals surface area contributed by atoms with Crippen LogP contribution >= 0.6 is 11.6 Å². The summed E-state index contributed by atoms with van der Waals surface area (Å²) in [5, 5.41) is 13.9. The number of benzene rings is 2. The third-order valence-corrected chi connectivity index (χ3v) is 5.52. The first kappa shape index (κ1) is 26.3. The highest BCUT2D eigenvalue weighted by Gasteiger charge is 2.14. The van der Waals surface area contributed by atoms with Crippen LogP contribution in [0.15, 0.2) is 71.7 Å². The minimum Gasteiger partial charge on any atom is -0.464 e. The van der Waals surface area contributed by atoms with Crippen LogP contribution in [0.25, 0.3) is 0 Å². The predicted molar refractivity (Wildman–Crippen MR) is 141 cm³/mol. The summed E-state index contributed by atoms with van der Waals surface area (Å²) in [5.41, 5.74) is 1.19. The Hall–Kier alpha value is -4.77. The van der Waals surface area contributed by atoms with Crippen molar-refractivity contribution in [3.8, 4) is 11.6 Å². The molecule has 4 aromatic rings. The fraction of sp³-hybridized carbons (Fsp3) is 0.154. The van der Waals surface area contributed by atoms with Gasteiger partial charge in [0.05, 0.1) is 19.9 Å². The Kier molecular flexibility index (Phi) is 8.29. The average Bonchev–Trinajstić information content (AvgIpc) is 2.94. The lowest BCUT2D eigenvalue weighted by Gasteiger charge is -2.16. The molecule has 0 saturated carbocycles. The minimum absolute atomic E-state index is 0.0665. The Labute approximate surface area is 222 Å². The molecule has 2 N–H and O–H groups in total. The number of hydrogen-bond acceptors (Lipinski definition) is 9. The van der Waals surface area contributed by atoms with Gasteiger partial charge in [-0.3, -0.25) is 14.2 Å². The van der Waals surface area contributed by atoms with Gasteiger partial charge in [-0.2, -0.15) is 0 Å². The van der Waals surface area contributed by atoms with Gasteiger partial charge in [-0.25, -0.2) is 9.78 Å². The van der Waals surface area contributed by atoms with E-state index in [0.29, 0.717) is 16.5 Å². The zero-order valence-corrected chi connectivity index (χ0v) is 21.2. The summed E-state index contributed by atoms with van der Waals surface area (Å²) in [6, 6.07) is 16.9. The summed E-state index contributed by atoms with van der Waals surface area (Å²) in [6.45, 7) is 1.89. The van der Waals surface area contributed by atoms with Gasteiger partial charge >= 0.3 is 5.97 Å². The molecule has 38 heavy (non-hydrogen) atoms. The first-order valence-electron chi connectivity index (χ1n) is 11.5. The van der Waals surface area contributed by atoms with E-state index in [1.165, 1.54) is 30.0 Å². The number of carbonyl (C=O) groups is 2. The molecule has 0 unspecified atom stereocenters. The highest BCUT2D eigenvalue weighted by atomic mass is 35.5. The number of hydrogen-bond donors (Lipinski definition) is 2. The summed E-state index contributed by atoms with van der Waals surface area (Å²) in [5.74, 6) is 0.0602. The Balaban J connectivity index is 1.55. The summed E-state index contributed by atoms with van der Waals surface area (Å²) in [4.78, 5) is 41.0. The number of methoxy groups -OCH3 is 1. The van der Waals surface area contributed by atoms with E-state index in [1.807, 2.05) is 12.1 Å². The molecule has 0 atom stereocenters. The lowest BCUT2D eigenvalue weighted by molar-refractivity contribution is -0.115. The molecule has 0 aliphatic rings. The number of nitrogens with one attached hydrogen (secondary N) is 2. The monoisotopic (exact) mass is 534 g/mol. The van der Waals surface area contributed by atoms with Gasteiger partial charge in [-0.15, -0.1) is 10.2 Å². The van der Waals surface area contributed by atoms with Crippen LogP contribution in [0.3, 0.4) is 0 Å². The van der Waals surface area contributed by atoms with Gasteiger partial charge in [0.15, 0.2) is 5.69 Å². The van der Waals surface area contributed by atoms with E-state index in [9.17, 15) is 14.4 Å². The quantitative estimate of drug-likeness (QED) is 0.299. The van der Waals surface area contributed by atoms with Crippen molar-refractivity contribution >= 4 is 40.8 Å². The number of nitrogens with zero attached hydrogens (tertiary/aromatic N) is 4. The van der Waals surface area contributed by atoms with Crippen molar-refractivity contribution in [2.75, 3.05) is 17.7 Å². The number of carbonyl (C=O) groups excluding carboxylic acids is 2. The maximum absolute atomic E-state index is 13.2. The largest absolute Gasteiger partial charge is 0.464 e. The van der Waals surface area contributed by atoms with Crippen molar-refractivity contribution in [3.05, 3.63) is 93.5 Å². The fourth-order valence-corrected chi connectivity index (χ4v) is 3.41. The minimum atomic E-state index is -0.594. The molecule has 0 radical (unpaired) electrons. The van der Waals surface area contributed by atoms with E-state index < -0.39 is 11.5 Å². The van der Waals surface area contributed by atoms with Gasteiger partial charge in [0.25, 0.3) is 5.56 Å². The topological polar surface area (TPSA) is 137 Å². The number of amides is 1. The van der Waals surface area contributed by atoms with E-state index in [1.54, 1.807) is 43.3 Å². The summed E-state index contributed by atoms with van der Waals surface area (Å²) in [7, 11) is 1.26. The Morgan fingerprint density at radius 3 is 2.37 bits per heavy atom. The molecule has 2 heterocycles. The van der Waals surface area contributed by atoms with Crippen LogP contribution in [-0.4, -0.2) is 38.7 Å². The first-order valence-corrected chi connectivity index (χ1v) is 11.8. The molecule has 194 valence electrons. The van der Waals surface area contributed by atoms with Crippen LogP contribution in [-0.2, 0) is 16.1 Å². The molecule has 0 saturated heterocycles. The highest BCUT2D eigenvalue weighted by Crippen LogP contribution is 2.23. The number of aromatic nitrogens is 4. The van der Waals surface area contributed by atoms with E-state index in [2.05, 4.69) is 30.6 Å². The number of anilines is 3. The molecule has 0 spiro atoms. The van der Waals surface area contributed by atoms with Gasteiger partial charge in [0, 0.05) is 23.2 Å². The molecule has 4 rings (SSSR count). The van der Waals surface area contributed by atoms with Crippen LogP contribution in [0.5, 0.6) is 11.6 Å². The summed E-state index contributed by atoms with van der Waals surface area (Å²) >= 11 is 6.00. The third kappa shape index (κ3) is 6.51. The lowest BCUT2D eigenvalue weighted by atomic mass is 10.2. The van der Waals surface area contributed by atoms with Crippen molar-refractivity contribution < 1.29 is 19.1 Å². The second kappa shape index (κ2) is 12.0. The third-order valence-electron chi connectivity index (χ3n) is 5.26. The lowest BCUT2D eigenvalue weighted by Crippen LogP contribution is -2.28. The maximum Gasteiger partial charge on any atom is 0.358 e.